The number of nitrogens with zero attached hydrogens (tertiary/aromatic N) is 2. The van der Waals surface area contributed by atoms with E-state index in [1.54, 1.807) is 32.4 Å². The van der Waals surface area contributed by atoms with E-state index in [1.165, 1.54) is 0 Å². The Morgan fingerprint density at radius 2 is 2.04 bits per heavy atom. The largest absolute Gasteiger partial charge is 0.496 e. The average molecular weight is 367 g/mol. The molecule has 138 valence electrons. The van der Waals surface area contributed by atoms with Crippen molar-refractivity contribution in [2.45, 2.75) is 12.8 Å². The first kappa shape index (κ1) is 18.5. The number of ether oxygens (including phenoxy) is 2. The first-order valence-electron chi connectivity index (χ1n) is 8.79. The molecule has 0 aliphatic carbocycles. The Labute approximate surface area is 154 Å². The predicted molar refractivity (Wildman–Crippen MR) is 98.4 cm³/mol. The molecule has 0 N–H and O–H groups in total. The van der Waals surface area contributed by atoms with Gasteiger partial charge in [-0.2, -0.15) is 0 Å². The Morgan fingerprint density at radius 3 is 2.68 bits per heavy atom. The predicted octanol–water partition coefficient (Wildman–Crippen LogP) is 2.78. The van der Waals surface area contributed by atoms with Gasteiger partial charge in [0.25, 0.3) is 5.91 Å². The van der Waals surface area contributed by atoms with Gasteiger partial charge in [0, 0.05) is 44.2 Å². The molecular weight excluding hydrogens is 340 g/mol. The first-order valence-corrected chi connectivity index (χ1v) is 9.17. The Hall–Kier alpha value is -1.30. The fourth-order valence-electron chi connectivity index (χ4n) is 4.47. The van der Waals surface area contributed by atoms with Gasteiger partial charge in [0.15, 0.2) is 0 Å². The highest BCUT2D eigenvalue weighted by Gasteiger charge is 2.47. The SMILES string of the molecule is COCC1CN(C)CC12CCN(C(=O)c1cc(Cl)ccc1OC)CC2. The zero-order chi connectivity index (χ0) is 18.0. The van der Waals surface area contributed by atoms with Crippen molar-refractivity contribution in [2.75, 3.05) is 54.1 Å². The van der Waals surface area contributed by atoms with Gasteiger partial charge in [-0.1, -0.05) is 11.6 Å². The number of carbonyl (C=O) groups excluding carboxylic acids is 1. The number of benzene rings is 1. The summed E-state index contributed by atoms with van der Waals surface area (Å²) in [7, 11) is 5.52. The second kappa shape index (κ2) is 7.52. The van der Waals surface area contributed by atoms with Crippen LogP contribution in [0.4, 0.5) is 0 Å². The van der Waals surface area contributed by atoms with Crippen LogP contribution >= 0.6 is 11.6 Å². The number of hydrogen-bond acceptors (Lipinski definition) is 4. The zero-order valence-electron chi connectivity index (χ0n) is 15.3. The molecule has 2 fully saturated rings. The molecule has 1 atom stereocenters. The van der Waals surface area contributed by atoms with E-state index in [4.69, 9.17) is 21.1 Å². The molecule has 2 aliphatic heterocycles. The molecule has 3 rings (SSSR count). The van der Waals surface area contributed by atoms with Crippen LogP contribution in [0.15, 0.2) is 18.2 Å². The van der Waals surface area contributed by atoms with Crippen molar-refractivity contribution in [1.82, 2.24) is 9.80 Å². The number of methoxy groups -OCH3 is 2. The van der Waals surface area contributed by atoms with E-state index in [1.807, 2.05) is 4.90 Å². The Kier molecular flexibility index (Phi) is 5.56. The van der Waals surface area contributed by atoms with Crippen molar-refractivity contribution >= 4 is 17.5 Å². The van der Waals surface area contributed by atoms with Gasteiger partial charge in [-0.05, 0) is 43.5 Å². The number of piperidine rings is 1. The molecule has 0 radical (unpaired) electrons. The van der Waals surface area contributed by atoms with E-state index in [-0.39, 0.29) is 11.3 Å². The highest BCUT2D eigenvalue weighted by atomic mass is 35.5. The normalized spacial score (nSPS) is 23.2. The van der Waals surface area contributed by atoms with Crippen LogP contribution in [0.5, 0.6) is 5.75 Å². The highest BCUT2D eigenvalue weighted by Crippen LogP contribution is 2.44. The Morgan fingerprint density at radius 1 is 1.32 bits per heavy atom. The topological polar surface area (TPSA) is 42.0 Å². The van der Waals surface area contributed by atoms with Gasteiger partial charge in [0.05, 0.1) is 19.3 Å². The summed E-state index contributed by atoms with van der Waals surface area (Å²) in [5, 5.41) is 0.551. The summed E-state index contributed by atoms with van der Waals surface area (Å²) < 4.78 is 10.8. The molecule has 0 saturated carbocycles. The molecule has 1 amide bonds. The van der Waals surface area contributed by atoms with Crippen LogP contribution in [0.2, 0.25) is 5.02 Å². The highest BCUT2D eigenvalue weighted by molar-refractivity contribution is 6.31. The van der Waals surface area contributed by atoms with Gasteiger partial charge in [0.1, 0.15) is 5.75 Å². The first-order chi connectivity index (χ1) is 12.0. The Bertz CT molecular complexity index is 629. The third-order valence-electron chi connectivity index (χ3n) is 5.79. The second-order valence-corrected chi connectivity index (χ2v) is 7.78. The lowest BCUT2D eigenvalue weighted by molar-refractivity contribution is 0.0323. The minimum atomic E-state index is 0.00356. The van der Waals surface area contributed by atoms with Crippen LogP contribution in [0, 0.1) is 11.3 Å². The summed E-state index contributed by atoms with van der Waals surface area (Å²) in [5.74, 6) is 1.12. The van der Waals surface area contributed by atoms with E-state index in [9.17, 15) is 4.79 Å². The van der Waals surface area contributed by atoms with Gasteiger partial charge in [-0.15, -0.1) is 0 Å². The monoisotopic (exact) mass is 366 g/mol. The lowest BCUT2D eigenvalue weighted by atomic mass is 9.71. The number of carbonyl (C=O) groups is 1. The molecule has 25 heavy (non-hydrogen) atoms. The van der Waals surface area contributed by atoms with Crippen LogP contribution in [-0.2, 0) is 4.74 Å². The quantitative estimate of drug-likeness (QED) is 0.821. The van der Waals surface area contributed by atoms with E-state index in [0.717, 1.165) is 45.6 Å². The summed E-state index contributed by atoms with van der Waals surface area (Å²) in [5.41, 5.74) is 0.808. The number of halogens is 1. The lowest BCUT2D eigenvalue weighted by Crippen LogP contribution is -2.47. The maximum Gasteiger partial charge on any atom is 0.257 e. The minimum Gasteiger partial charge on any atom is -0.496 e. The van der Waals surface area contributed by atoms with Crippen LogP contribution < -0.4 is 4.74 Å². The van der Waals surface area contributed by atoms with Crippen LogP contribution in [-0.4, -0.2) is 69.8 Å². The minimum absolute atomic E-state index is 0.00356. The van der Waals surface area contributed by atoms with E-state index < -0.39 is 0 Å². The molecular formula is C19H27ClN2O3. The van der Waals surface area contributed by atoms with Gasteiger partial charge in [-0.3, -0.25) is 4.79 Å². The maximum absolute atomic E-state index is 13.0. The third-order valence-corrected chi connectivity index (χ3v) is 6.02. The number of hydrogen-bond donors (Lipinski definition) is 0. The molecule has 2 aliphatic rings. The molecule has 1 spiro atoms. The van der Waals surface area contributed by atoms with Crippen molar-refractivity contribution in [2.24, 2.45) is 11.3 Å². The summed E-state index contributed by atoms with van der Waals surface area (Å²) in [6, 6.07) is 5.19. The van der Waals surface area contributed by atoms with Crippen LogP contribution in [0.3, 0.4) is 0 Å². The van der Waals surface area contributed by atoms with Crippen LogP contribution in [0.25, 0.3) is 0 Å². The summed E-state index contributed by atoms with van der Waals surface area (Å²) in [4.78, 5) is 17.3. The van der Waals surface area contributed by atoms with Crippen molar-refractivity contribution in [3.63, 3.8) is 0 Å². The smallest absolute Gasteiger partial charge is 0.257 e. The van der Waals surface area contributed by atoms with Gasteiger partial charge in [-0.25, -0.2) is 0 Å². The van der Waals surface area contributed by atoms with E-state index >= 15 is 0 Å². The number of rotatable bonds is 4. The van der Waals surface area contributed by atoms with E-state index in [0.29, 0.717) is 22.3 Å². The lowest BCUT2D eigenvalue weighted by Gasteiger charge is -2.42. The van der Waals surface area contributed by atoms with E-state index in [2.05, 4.69) is 11.9 Å². The van der Waals surface area contributed by atoms with Gasteiger partial charge < -0.3 is 19.3 Å². The molecule has 1 unspecified atom stereocenters. The summed E-state index contributed by atoms with van der Waals surface area (Å²) in [6.45, 7) is 4.49. The molecule has 5 nitrogen and oxygen atoms in total. The molecule has 0 aromatic heterocycles. The fourth-order valence-corrected chi connectivity index (χ4v) is 4.64. The molecule has 1 aromatic rings. The zero-order valence-corrected chi connectivity index (χ0v) is 16.0. The van der Waals surface area contributed by atoms with Crippen molar-refractivity contribution < 1.29 is 14.3 Å². The number of amides is 1. The summed E-state index contributed by atoms with van der Waals surface area (Å²) >= 11 is 6.08. The molecule has 1 aromatic carbocycles. The molecule has 2 saturated heterocycles. The molecule has 0 bridgehead atoms. The van der Waals surface area contributed by atoms with Crippen LogP contribution in [0.1, 0.15) is 23.2 Å². The standard InChI is InChI=1S/C19H27ClN2O3/c1-21-11-14(12-24-2)19(13-21)6-8-22(9-7-19)18(23)16-10-15(20)4-5-17(16)25-3/h4-5,10,14H,6-9,11-13H2,1-3H3. The Balaban J connectivity index is 1.72. The molecule has 2 heterocycles. The van der Waals surface area contributed by atoms with Gasteiger partial charge >= 0.3 is 0 Å². The number of likely N-dealkylation sites (tertiary alicyclic amines) is 2. The third kappa shape index (κ3) is 3.64. The average Bonchev–Trinajstić information content (AvgIpc) is 2.90. The van der Waals surface area contributed by atoms with Crippen molar-refractivity contribution in [1.29, 1.82) is 0 Å². The molecule has 6 heteroatoms. The van der Waals surface area contributed by atoms with Crippen molar-refractivity contribution in [3.05, 3.63) is 28.8 Å². The fraction of sp³-hybridized carbons (Fsp3) is 0.632. The van der Waals surface area contributed by atoms with Crippen molar-refractivity contribution in [3.8, 4) is 5.75 Å². The second-order valence-electron chi connectivity index (χ2n) is 7.35. The van der Waals surface area contributed by atoms with Gasteiger partial charge in [0.2, 0.25) is 0 Å². The maximum atomic E-state index is 13.0. The summed E-state index contributed by atoms with van der Waals surface area (Å²) in [6.07, 6.45) is 2.03.